The average molecular weight is 611 g/mol. The number of rotatable bonds is 17. The number of ether oxygens (including phenoxy) is 6. The summed E-state index contributed by atoms with van der Waals surface area (Å²) in [7, 11) is 2.98. The molecule has 11 nitrogen and oxygen atoms in total. The van der Waals surface area contributed by atoms with Gasteiger partial charge in [-0.25, -0.2) is 4.79 Å². The standard InChI is InChI=1S/C33H42N2O9/c1-4-43-33-26(12-15-41-17-18-42-16-14-36)27(22-5-7-23(8-6-22)32(38)40-3)20-30(44-33)31(37)34-13-11-24-21-35-29-10-9-25(39-2)19-28(24)29/h5-10,19-21,26-27,33,35-36H,4,11-18H2,1-3H3,(H,34,37)/t26-,27-,33-/m0/s1. The van der Waals surface area contributed by atoms with E-state index in [4.69, 9.17) is 33.5 Å². The van der Waals surface area contributed by atoms with E-state index >= 15 is 0 Å². The fourth-order valence-corrected chi connectivity index (χ4v) is 5.27. The van der Waals surface area contributed by atoms with Gasteiger partial charge < -0.3 is 43.8 Å². The number of aromatic nitrogens is 1. The predicted molar refractivity (Wildman–Crippen MR) is 163 cm³/mol. The summed E-state index contributed by atoms with van der Waals surface area (Å²) in [5.41, 5.74) is 3.40. The van der Waals surface area contributed by atoms with Crippen molar-refractivity contribution in [3.63, 3.8) is 0 Å². The van der Waals surface area contributed by atoms with Gasteiger partial charge >= 0.3 is 5.97 Å². The molecule has 1 aliphatic heterocycles. The molecule has 1 aliphatic rings. The summed E-state index contributed by atoms with van der Waals surface area (Å²) >= 11 is 0. The molecule has 0 saturated heterocycles. The van der Waals surface area contributed by atoms with Crippen LogP contribution in [0.15, 0.2) is 60.5 Å². The number of aliphatic hydroxyl groups is 1. The predicted octanol–water partition coefficient (Wildman–Crippen LogP) is 3.71. The van der Waals surface area contributed by atoms with Gasteiger partial charge in [-0.15, -0.1) is 0 Å². The summed E-state index contributed by atoms with van der Waals surface area (Å²) in [5, 5.41) is 12.9. The number of amides is 1. The first-order chi connectivity index (χ1) is 21.5. The summed E-state index contributed by atoms with van der Waals surface area (Å²) in [5.74, 6) is -0.225. The molecule has 2 heterocycles. The molecule has 44 heavy (non-hydrogen) atoms. The number of hydrogen-bond donors (Lipinski definition) is 3. The number of esters is 1. The summed E-state index contributed by atoms with van der Waals surface area (Å²) < 4.78 is 33.4. The minimum Gasteiger partial charge on any atom is -0.497 e. The zero-order valence-corrected chi connectivity index (χ0v) is 25.5. The molecule has 3 N–H and O–H groups in total. The second-order valence-corrected chi connectivity index (χ2v) is 10.2. The maximum Gasteiger partial charge on any atom is 0.337 e. The van der Waals surface area contributed by atoms with Crippen LogP contribution in [0.3, 0.4) is 0 Å². The van der Waals surface area contributed by atoms with E-state index in [1.54, 1.807) is 19.2 Å². The molecule has 3 aromatic rings. The summed E-state index contributed by atoms with van der Waals surface area (Å²) in [6.45, 7) is 4.09. The Hall–Kier alpha value is -3.90. The van der Waals surface area contributed by atoms with Gasteiger partial charge in [0, 0.05) is 48.7 Å². The lowest BCUT2D eigenvalue weighted by Gasteiger charge is -2.37. The quantitative estimate of drug-likeness (QED) is 0.154. The first-order valence-electron chi connectivity index (χ1n) is 14.9. The van der Waals surface area contributed by atoms with Crippen LogP contribution in [0.2, 0.25) is 0 Å². The van der Waals surface area contributed by atoms with E-state index in [-0.39, 0.29) is 36.7 Å². The summed E-state index contributed by atoms with van der Waals surface area (Å²) in [6.07, 6.45) is 4.28. The van der Waals surface area contributed by atoms with E-state index in [0.717, 1.165) is 27.8 Å². The number of aromatic amines is 1. The van der Waals surface area contributed by atoms with Crippen molar-refractivity contribution in [2.24, 2.45) is 5.92 Å². The van der Waals surface area contributed by atoms with Gasteiger partial charge in [0.1, 0.15) is 5.75 Å². The molecule has 2 aromatic carbocycles. The Bertz CT molecular complexity index is 1390. The first-order valence-corrected chi connectivity index (χ1v) is 14.9. The molecule has 0 spiro atoms. The Morgan fingerprint density at radius 2 is 1.80 bits per heavy atom. The van der Waals surface area contributed by atoms with E-state index in [1.165, 1.54) is 7.11 Å². The number of aliphatic hydroxyl groups excluding tert-OH is 1. The third-order valence-electron chi connectivity index (χ3n) is 7.51. The van der Waals surface area contributed by atoms with Crippen molar-refractivity contribution in [2.45, 2.75) is 32.0 Å². The fraction of sp³-hybridized carbons (Fsp3) is 0.455. The molecule has 0 saturated carbocycles. The molecule has 3 atom stereocenters. The van der Waals surface area contributed by atoms with Crippen LogP contribution < -0.4 is 10.1 Å². The number of methoxy groups -OCH3 is 2. The average Bonchev–Trinajstić information content (AvgIpc) is 3.46. The molecule has 0 aliphatic carbocycles. The zero-order chi connectivity index (χ0) is 31.3. The molecule has 0 radical (unpaired) electrons. The van der Waals surface area contributed by atoms with E-state index < -0.39 is 12.3 Å². The third kappa shape index (κ3) is 8.60. The highest BCUT2D eigenvalue weighted by Crippen LogP contribution is 2.39. The second kappa shape index (κ2) is 16.8. The van der Waals surface area contributed by atoms with Crippen LogP contribution in [0.4, 0.5) is 0 Å². The van der Waals surface area contributed by atoms with Gasteiger partial charge in [-0.1, -0.05) is 12.1 Å². The van der Waals surface area contributed by atoms with Crippen molar-refractivity contribution in [1.82, 2.24) is 10.3 Å². The Labute approximate surface area is 257 Å². The van der Waals surface area contributed by atoms with Gasteiger partial charge in [0.25, 0.3) is 5.91 Å². The van der Waals surface area contributed by atoms with Crippen LogP contribution in [0.5, 0.6) is 5.75 Å². The van der Waals surface area contributed by atoms with Gasteiger partial charge in [-0.2, -0.15) is 0 Å². The molecule has 1 aromatic heterocycles. The summed E-state index contributed by atoms with van der Waals surface area (Å²) in [6, 6.07) is 13.0. The Kier molecular flexibility index (Phi) is 12.6. The van der Waals surface area contributed by atoms with Crippen LogP contribution in [-0.2, 0) is 34.9 Å². The van der Waals surface area contributed by atoms with E-state index in [0.29, 0.717) is 51.4 Å². The maximum absolute atomic E-state index is 13.4. The highest BCUT2D eigenvalue weighted by molar-refractivity contribution is 5.92. The lowest BCUT2D eigenvalue weighted by Crippen LogP contribution is -2.39. The SMILES string of the molecule is CCO[C@H]1OC(C(=O)NCCc2c[nH]c3ccc(OC)cc23)=C[C@@H](c2ccc(C(=O)OC)cc2)[C@@H]1CCOCCOCCO. The van der Waals surface area contributed by atoms with Gasteiger partial charge in [0.2, 0.25) is 6.29 Å². The van der Waals surface area contributed by atoms with Crippen LogP contribution in [0, 0.1) is 5.92 Å². The maximum atomic E-state index is 13.4. The normalized spacial score (nSPS) is 18.0. The van der Waals surface area contributed by atoms with Crippen LogP contribution >= 0.6 is 0 Å². The number of H-pyrrole nitrogens is 1. The Morgan fingerprint density at radius 1 is 1.02 bits per heavy atom. The molecule has 4 rings (SSSR count). The number of fused-ring (bicyclic) bond motifs is 1. The Balaban J connectivity index is 1.49. The minimum absolute atomic E-state index is 0.0353. The van der Waals surface area contributed by atoms with Gasteiger partial charge in [-0.05, 0) is 67.3 Å². The zero-order valence-electron chi connectivity index (χ0n) is 25.5. The number of carbonyl (C=O) groups excluding carboxylic acids is 2. The van der Waals surface area contributed by atoms with Gasteiger partial charge in [0.05, 0.1) is 46.2 Å². The molecule has 0 fully saturated rings. The lowest BCUT2D eigenvalue weighted by molar-refractivity contribution is -0.168. The van der Waals surface area contributed by atoms with Crippen molar-refractivity contribution >= 4 is 22.8 Å². The minimum atomic E-state index is -0.689. The molecule has 0 unspecified atom stereocenters. The molecular weight excluding hydrogens is 568 g/mol. The molecule has 0 bridgehead atoms. The number of hydrogen-bond acceptors (Lipinski definition) is 9. The fourth-order valence-electron chi connectivity index (χ4n) is 5.27. The number of nitrogens with one attached hydrogen (secondary N) is 2. The van der Waals surface area contributed by atoms with Crippen molar-refractivity contribution in [2.75, 3.05) is 60.4 Å². The smallest absolute Gasteiger partial charge is 0.337 e. The van der Waals surface area contributed by atoms with Crippen LogP contribution in [-0.4, -0.2) is 88.7 Å². The number of carbonyl (C=O) groups is 2. The Morgan fingerprint density at radius 3 is 2.50 bits per heavy atom. The lowest BCUT2D eigenvalue weighted by atomic mass is 9.81. The summed E-state index contributed by atoms with van der Waals surface area (Å²) in [4.78, 5) is 28.7. The molecular formula is C33H42N2O9. The van der Waals surface area contributed by atoms with E-state index in [2.05, 4.69) is 10.3 Å². The highest BCUT2D eigenvalue weighted by atomic mass is 16.7. The first kappa shape index (κ1) is 33.0. The number of allylic oxidation sites excluding steroid dienone is 1. The van der Waals surface area contributed by atoms with Crippen molar-refractivity contribution in [3.8, 4) is 5.75 Å². The van der Waals surface area contributed by atoms with Crippen molar-refractivity contribution in [3.05, 3.63) is 77.2 Å². The topological polar surface area (TPSA) is 138 Å². The van der Waals surface area contributed by atoms with Gasteiger partial charge in [-0.3, -0.25) is 4.79 Å². The van der Waals surface area contributed by atoms with Gasteiger partial charge in [0.15, 0.2) is 5.76 Å². The van der Waals surface area contributed by atoms with Crippen LogP contribution in [0.1, 0.15) is 40.7 Å². The van der Waals surface area contributed by atoms with Crippen LogP contribution in [0.25, 0.3) is 10.9 Å². The number of benzene rings is 2. The second-order valence-electron chi connectivity index (χ2n) is 10.2. The van der Waals surface area contributed by atoms with Crippen molar-refractivity contribution < 1.29 is 43.1 Å². The highest BCUT2D eigenvalue weighted by Gasteiger charge is 2.38. The van der Waals surface area contributed by atoms with E-state index in [9.17, 15) is 9.59 Å². The third-order valence-corrected chi connectivity index (χ3v) is 7.51. The molecule has 238 valence electrons. The molecule has 11 heteroatoms. The van der Waals surface area contributed by atoms with Crippen molar-refractivity contribution in [1.29, 1.82) is 0 Å². The largest absolute Gasteiger partial charge is 0.497 e. The van der Waals surface area contributed by atoms with E-state index in [1.807, 2.05) is 49.5 Å². The monoisotopic (exact) mass is 610 g/mol. The molecule has 1 amide bonds.